The Balaban J connectivity index is 2.80. The molecule has 0 spiro atoms. The summed E-state index contributed by atoms with van der Waals surface area (Å²) in [6.07, 6.45) is 2.06. The SMILES string of the molecule is CCC(CC)N(CCOC)c1nnc(CN)o1. The first-order chi connectivity index (χ1) is 8.26. The van der Waals surface area contributed by atoms with E-state index in [-0.39, 0.29) is 6.54 Å². The molecule has 1 aromatic rings. The summed E-state index contributed by atoms with van der Waals surface area (Å²) < 4.78 is 10.6. The fourth-order valence-electron chi connectivity index (χ4n) is 1.80. The van der Waals surface area contributed by atoms with E-state index >= 15 is 0 Å². The van der Waals surface area contributed by atoms with Crippen molar-refractivity contribution in [2.24, 2.45) is 5.73 Å². The molecule has 1 heterocycles. The Hall–Kier alpha value is -1.14. The molecule has 0 saturated heterocycles. The van der Waals surface area contributed by atoms with Gasteiger partial charge in [0.15, 0.2) is 0 Å². The number of anilines is 1. The lowest BCUT2D eigenvalue weighted by atomic mass is 10.1. The maximum absolute atomic E-state index is 5.50. The largest absolute Gasteiger partial charge is 0.407 e. The normalized spacial score (nSPS) is 11.1. The highest BCUT2D eigenvalue weighted by molar-refractivity contribution is 5.26. The number of hydrogen-bond acceptors (Lipinski definition) is 6. The van der Waals surface area contributed by atoms with Crippen LogP contribution < -0.4 is 10.6 Å². The van der Waals surface area contributed by atoms with Crippen LogP contribution in [0.25, 0.3) is 0 Å². The summed E-state index contributed by atoms with van der Waals surface area (Å²) in [5, 5.41) is 7.92. The van der Waals surface area contributed by atoms with Crippen LogP contribution in [0.3, 0.4) is 0 Å². The van der Waals surface area contributed by atoms with Gasteiger partial charge >= 0.3 is 6.01 Å². The lowest BCUT2D eigenvalue weighted by Gasteiger charge is -2.28. The Labute approximate surface area is 102 Å². The molecule has 0 bridgehead atoms. The maximum Gasteiger partial charge on any atom is 0.318 e. The molecule has 0 amide bonds. The predicted molar refractivity (Wildman–Crippen MR) is 65.8 cm³/mol. The third-order valence-electron chi connectivity index (χ3n) is 2.80. The molecule has 2 N–H and O–H groups in total. The minimum atomic E-state index is 0.272. The van der Waals surface area contributed by atoms with Crippen molar-refractivity contribution in [1.29, 1.82) is 0 Å². The summed E-state index contributed by atoms with van der Waals surface area (Å²) >= 11 is 0. The molecule has 0 radical (unpaired) electrons. The molecular formula is C11H22N4O2. The van der Waals surface area contributed by atoms with Crippen molar-refractivity contribution in [2.75, 3.05) is 25.2 Å². The first-order valence-corrected chi connectivity index (χ1v) is 6.04. The average molecular weight is 242 g/mol. The first-order valence-electron chi connectivity index (χ1n) is 6.04. The first kappa shape index (κ1) is 13.9. The molecular weight excluding hydrogens is 220 g/mol. The topological polar surface area (TPSA) is 77.4 Å². The van der Waals surface area contributed by atoms with Gasteiger partial charge in [-0.3, -0.25) is 0 Å². The van der Waals surface area contributed by atoms with Crippen LogP contribution in [0.5, 0.6) is 0 Å². The lowest BCUT2D eigenvalue weighted by Crippen LogP contribution is -2.37. The van der Waals surface area contributed by atoms with Crippen LogP contribution in [0.4, 0.5) is 6.01 Å². The summed E-state index contributed by atoms with van der Waals surface area (Å²) in [6, 6.07) is 0.924. The van der Waals surface area contributed by atoms with Crippen LogP contribution in [0, 0.1) is 0 Å². The highest BCUT2D eigenvalue weighted by atomic mass is 16.5. The quantitative estimate of drug-likeness (QED) is 0.737. The monoisotopic (exact) mass is 242 g/mol. The molecule has 1 rings (SSSR count). The maximum atomic E-state index is 5.50. The van der Waals surface area contributed by atoms with Crippen LogP contribution in [-0.4, -0.2) is 36.5 Å². The predicted octanol–water partition coefficient (Wildman–Crippen LogP) is 1.17. The summed E-state index contributed by atoms with van der Waals surface area (Å²) in [7, 11) is 1.68. The number of hydrogen-bond donors (Lipinski definition) is 1. The molecule has 0 aliphatic heterocycles. The van der Waals surface area contributed by atoms with Gasteiger partial charge in [-0.2, -0.15) is 0 Å². The molecule has 17 heavy (non-hydrogen) atoms. The Morgan fingerprint density at radius 3 is 2.53 bits per heavy atom. The smallest absolute Gasteiger partial charge is 0.318 e. The van der Waals surface area contributed by atoms with E-state index in [0.29, 0.717) is 24.6 Å². The highest BCUT2D eigenvalue weighted by Crippen LogP contribution is 2.18. The van der Waals surface area contributed by atoms with Crippen molar-refractivity contribution in [2.45, 2.75) is 39.3 Å². The number of aromatic nitrogens is 2. The summed E-state index contributed by atoms with van der Waals surface area (Å²) in [6.45, 7) is 5.95. The van der Waals surface area contributed by atoms with Gasteiger partial charge in [-0.1, -0.05) is 18.9 Å². The molecule has 0 aliphatic carbocycles. The van der Waals surface area contributed by atoms with Crippen LogP contribution in [0.2, 0.25) is 0 Å². The fraction of sp³-hybridized carbons (Fsp3) is 0.818. The van der Waals surface area contributed by atoms with Crippen molar-refractivity contribution < 1.29 is 9.15 Å². The molecule has 98 valence electrons. The zero-order valence-corrected chi connectivity index (χ0v) is 10.8. The van der Waals surface area contributed by atoms with Gasteiger partial charge in [0.1, 0.15) is 0 Å². The van der Waals surface area contributed by atoms with E-state index in [9.17, 15) is 0 Å². The number of nitrogens with zero attached hydrogens (tertiary/aromatic N) is 3. The van der Waals surface area contributed by atoms with Crippen LogP contribution in [-0.2, 0) is 11.3 Å². The van der Waals surface area contributed by atoms with E-state index in [1.807, 2.05) is 0 Å². The van der Waals surface area contributed by atoms with E-state index in [2.05, 4.69) is 28.9 Å². The van der Waals surface area contributed by atoms with Gasteiger partial charge in [0, 0.05) is 19.7 Å². The van der Waals surface area contributed by atoms with E-state index in [1.54, 1.807) is 7.11 Å². The third kappa shape index (κ3) is 3.67. The van der Waals surface area contributed by atoms with Crippen molar-refractivity contribution >= 4 is 6.01 Å². The van der Waals surface area contributed by atoms with Gasteiger partial charge < -0.3 is 19.8 Å². The summed E-state index contributed by atoms with van der Waals surface area (Å²) in [5.41, 5.74) is 5.47. The number of methoxy groups -OCH3 is 1. The third-order valence-corrected chi connectivity index (χ3v) is 2.80. The molecule has 0 aliphatic rings. The van der Waals surface area contributed by atoms with Gasteiger partial charge in [0.2, 0.25) is 5.89 Å². The average Bonchev–Trinajstić information content (AvgIpc) is 2.83. The van der Waals surface area contributed by atoms with Gasteiger partial charge in [-0.05, 0) is 12.8 Å². The van der Waals surface area contributed by atoms with E-state index < -0.39 is 0 Å². The minimum absolute atomic E-state index is 0.272. The van der Waals surface area contributed by atoms with Crippen LogP contribution >= 0.6 is 0 Å². The van der Waals surface area contributed by atoms with Crippen molar-refractivity contribution in [1.82, 2.24) is 10.2 Å². The lowest BCUT2D eigenvalue weighted by molar-refractivity contribution is 0.200. The number of ether oxygens (including phenoxy) is 1. The second-order valence-corrected chi connectivity index (χ2v) is 3.84. The molecule has 1 aromatic heterocycles. The fourth-order valence-corrected chi connectivity index (χ4v) is 1.80. The molecule has 0 saturated carbocycles. The molecule has 6 heteroatoms. The standard InChI is InChI=1S/C11H22N4O2/c1-4-9(5-2)15(6-7-16-3)11-14-13-10(8-12)17-11/h9H,4-8,12H2,1-3H3. The zero-order valence-electron chi connectivity index (χ0n) is 10.8. The van der Waals surface area contributed by atoms with E-state index in [4.69, 9.17) is 14.9 Å². The van der Waals surface area contributed by atoms with E-state index in [0.717, 1.165) is 19.4 Å². The van der Waals surface area contributed by atoms with Crippen molar-refractivity contribution in [3.63, 3.8) is 0 Å². The van der Waals surface area contributed by atoms with Gasteiger partial charge in [0.25, 0.3) is 0 Å². The molecule has 0 unspecified atom stereocenters. The van der Waals surface area contributed by atoms with Gasteiger partial charge in [0.05, 0.1) is 13.2 Å². The molecule has 0 atom stereocenters. The van der Waals surface area contributed by atoms with Crippen LogP contribution in [0.15, 0.2) is 4.42 Å². The van der Waals surface area contributed by atoms with Crippen LogP contribution in [0.1, 0.15) is 32.6 Å². The Kier molecular flexibility index (Phi) is 5.93. The van der Waals surface area contributed by atoms with Gasteiger partial charge in [-0.25, -0.2) is 0 Å². The Bertz CT molecular complexity index is 312. The molecule has 6 nitrogen and oxygen atoms in total. The number of nitrogens with two attached hydrogens (primary N) is 1. The summed E-state index contributed by atoms with van der Waals surface area (Å²) in [4.78, 5) is 2.09. The number of rotatable bonds is 8. The van der Waals surface area contributed by atoms with Gasteiger partial charge in [-0.15, -0.1) is 5.10 Å². The van der Waals surface area contributed by atoms with Crippen molar-refractivity contribution in [3.05, 3.63) is 5.89 Å². The summed E-state index contributed by atoms with van der Waals surface area (Å²) in [5.74, 6) is 0.466. The second-order valence-electron chi connectivity index (χ2n) is 3.84. The molecule has 0 aromatic carbocycles. The Morgan fingerprint density at radius 2 is 2.06 bits per heavy atom. The highest BCUT2D eigenvalue weighted by Gasteiger charge is 2.20. The zero-order chi connectivity index (χ0) is 12.7. The van der Waals surface area contributed by atoms with Crippen molar-refractivity contribution in [3.8, 4) is 0 Å². The second kappa shape index (κ2) is 7.24. The van der Waals surface area contributed by atoms with E-state index in [1.165, 1.54) is 0 Å². The Morgan fingerprint density at radius 1 is 1.35 bits per heavy atom. The molecule has 0 fully saturated rings. The minimum Gasteiger partial charge on any atom is -0.407 e.